The van der Waals surface area contributed by atoms with Crippen LogP contribution in [0.1, 0.15) is 12.5 Å². The van der Waals surface area contributed by atoms with Crippen LogP contribution in [0.3, 0.4) is 0 Å². The molecular weight excluding hydrogens is 369 g/mol. The van der Waals surface area contributed by atoms with Gasteiger partial charge in [0.1, 0.15) is 23.2 Å². The first-order chi connectivity index (χ1) is 12.5. The van der Waals surface area contributed by atoms with Crippen LogP contribution in [0.4, 0.5) is 5.82 Å². The number of pyridine rings is 1. The number of anilines is 1. The molecule has 2 N–H and O–H groups in total. The largest absolute Gasteiger partial charge is 0.493 e. The molecule has 0 saturated heterocycles. The van der Waals surface area contributed by atoms with Gasteiger partial charge in [0.05, 0.1) is 17.3 Å². The van der Waals surface area contributed by atoms with Gasteiger partial charge in [0, 0.05) is 21.7 Å². The fourth-order valence-electron chi connectivity index (χ4n) is 2.70. The van der Waals surface area contributed by atoms with E-state index in [1.165, 1.54) is 0 Å². The van der Waals surface area contributed by atoms with Gasteiger partial charge in [-0.3, -0.25) is 0 Å². The Morgan fingerprint density at radius 3 is 2.58 bits per heavy atom. The summed E-state index contributed by atoms with van der Waals surface area (Å²) in [4.78, 5) is 4.35. The lowest BCUT2D eigenvalue weighted by Gasteiger charge is -2.14. The van der Waals surface area contributed by atoms with E-state index in [0.29, 0.717) is 44.8 Å². The molecule has 1 heterocycles. The Hall–Kier alpha value is -2.74. The second-order valence-electron chi connectivity index (χ2n) is 5.48. The van der Waals surface area contributed by atoms with Crippen molar-refractivity contribution in [2.75, 3.05) is 12.3 Å². The van der Waals surface area contributed by atoms with Gasteiger partial charge < -0.3 is 10.5 Å². The smallest absolute Gasteiger partial charge is 0.142 e. The van der Waals surface area contributed by atoms with Crippen molar-refractivity contribution in [1.29, 1.82) is 5.26 Å². The van der Waals surface area contributed by atoms with Crippen molar-refractivity contribution in [2.45, 2.75) is 6.92 Å². The summed E-state index contributed by atoms with van der Waals surface area (Å²) in [6.45, 7) is 2.41. The molecule has 1 aromatic heterocycles. The van der Waals surface area contributed by atoms with Crippen molar-refractivity contribution in [3.05, 3.63) is 64.1 Å². The van der Waals surface area contributed by atoms with E-state index in [-0.39, 0.29) is 5.82 Å². The summed E-state index contributed by atoms with van der Waals surface area (Å²) < 4.78 is 5.70. The lowest BCUT2D eigenvalue weighted by atomic mass is 9.97. The fourth-order valence-corrected chi connectivity index (χ4v) is 3.08. The molecule has 0 atom stereocenters. The van der Waals surface area contributed by atoms with Crippen molar-refractivity contribution in [3.63, 3.8) is 0 Å². The Bertz CT molecular complexity index is 1010. The minimum atomic E-state index is 0.127. The number of hydrogen-bond donors (Lipinski definition) is 1. The van der Waals surface area contributed by atoms with E-state index < -0.39 is 0 Å². The van der Waals surface area contributed by atoms with Gasteiger partial charge in [-0.2, -0.15) is 5.26 Å². The lowest BCUT2D eigenvalue weighted by Crippen LogP contribution is -2.01. The van der Waals surface area contributed by atoms with E-state index in [1.54, 1.807) is 24.3 Å². The first kappa shape index (κ1) is 18.1. The van der Waals surface area contributed by atoms with Gasteiger partial charge in [-0.1, -0.05) is 41.4 Å². The number of benzene rings is 2. The summed E-state index contributed by atoms with van der Waals surface area (Å²) in [7, 11) is 0. The molecule has 0 fully saturated rings. The molecular formula is C20H15Cl2N3O. The molecule has 4 nitrogen and oxygen atoms in total. The molecule has 130 valence electrons. The van der Waals surface area contributed by atoms with Crippen LogP contribution in [0, 0.1) is 11.3 Å². The van der Waals surface area contributed by atoms with Crippen molar-refractivity contribution in [1.82, 2.24) is 4.98 Å². The summed E-state index contributed by atoms with van der Waals surface area (Å²) in [5.74, 6) is 0.794. The molecule has 0 unspecified atom stereocenters. The van der Waals surface area contributed by atoms with Crippen LogP contribution in [-0.2, 0) is 0 Å². The topological polar surface area (TPSA) is 71.9 Å². The Kier molecular flexibility index (Phi) is 5.32. The fraction of sp³-hybridized carbons (Fsp3) is 0.100. The number of nitrogen functional groups attached to an aromatic ring is 1. The van der Waals surface area contributed by atoms with Crippen molar-refractivity contribution in [2.24, 2.45) is 0 Å². The number of para-hydroxylation sites is 1. The van der Waals surface area contributed by atoms with Crippen LogP contribution in [0.5, 0.6) is 5.75 Å². The quantitative estimate of drug-likeness (QED) is 0.638. The summed E-state index contributed by atoms with van der Waals surface area (Å²) in [5, 5.41) is 10.6. The SMILES string of the molecule is CCOc1ccccc1-c1cc(-c2cc(Cl)ccc2Cl)nc(N)c1C#N. The number of rotatable bonds is 4. The van der Waals surface area contributed by atoms with E-state index in [0.717, 1.165) is 5.56 Å². The summed E-state index contributed by atoms with van der Waals surface area (Å²) in [6, 6.07) is 16.5. The van der Waals surface area contributed by atoms with Crippen molar-refractivity contribution in [3.8, 4) is 34.2 Å². The number of ether oxygens (including phenoxy) is 1. The van der Waals surface area contributed by atoms with Crippen LogP contribution >= 0.6 is 23.2 Å². The molecule has 0 aliphatic carbocycles. The first-order valence-corrected chi connectivity index (χ1v) is 8.69. The third-order valence-electron chi connectivity index (χ3n) is 3.84. The number of nitriles is 1. The van der Waals surface area contributed by atoms with E-state index in [9.17, 15) is 5.26 Å². The summed E-state index contributed by atoms with van der Waals surface area (Å²) >= 11 is 12.4. The van der Waals surface area contributed by atoms with Crippen LogP contribution in [-0.4, -0.2) is 11.6 Å². The lowest BCUT2D eigenvalue weighted by molar-refractivity contribution is 0.341. The molecule has 3 rings (SSSR count). The van der Waals surface area contributed by atoms with Gasteiger partial charge in [0.2, 0.25) is 0 Å². The normalized spacial score (nSPS) is 10.4. The number of hydrogen-bond acceptors (Lipinski definition) is 4. The number of nitrogens with zero attached hydrogens (tertiary/aromatic N) is 2. The molecule has 3 aromatic rings. The highest BCUT2D eigenvalue weighted by molar-refractivity contribution is 6.35. The van der Waals surface area contributed by atoms with Crippen LogP contribution in [0.15, 0.2) is 48.5 Å². The second kappa shape index (κ2) is 7.65. The zero-order valence-corrected chi connectivity index (χ0v) is 15.5. The van der Waals surface area contributed by atoms with E-state index in [1.807, 2.05) is 31.2 Å². The average Bonchev–Trinajstić information content (AvgIpc) is 2.64. The van der Waals surface area contributed by atoms with Crippen molar-refractivity contribution < 1.29 is 4.74 Å². The highest BCUT2D eigenvalue weighted by atomic mass is 35.5. The van der Waals surface area contributed by atoms with E-state index in [2.05, 4.69) is 11.1 Å². The van der Waals surface area contributed by atoms with Gasteiger partial charge in [-0.15, -0.1) is 0 Å². The Labute approximate surface area is 161 Å². The third-order valence-corrected chi connectivity index (χ3v) is 4.41. The molecule has 2 aromatic carbocycles. The predicted molar refractivity (Wildman–Crippen MR) is 105 cm³/mol. The molecule has 0 amide bonds. The third kappa shape index (κ3) is 3.45. The molecule has 0 saturated carbocycles. The van der Waals surface area contributed by atoms with Crippen LogP contribution in [0.2, 0.25) is 10.0 Å². The van der Waals surface area contributed by atoms with Crippen LogP contribution < -0.4 is 10.5 Å². The number of nitrogens with two attached hydrogens (primary N) is 1. The van der Waals surface area contributed by atoms with Crippen LogP contribution in [0.25, 0.3) is 22.4 Å². The first-order valence-electron chi connectivity index (χ1n) is 7.93. The minimum Gasteiger partial charge on any atom is -0.493 e. The number of aromatic nitrogens is 1. The van der Waals surface area contributed by atoms with E-state index in [4.69, 9.17) is 33.7 Å². The molecule has 0 bridgehead atoms. The average molecular weight is 384 g/mol. The highest BCUT2D eigenvalue weighted by Gasteiger charge is 2.17. The van der Waals surface area contributed by atoms with Gasteiger partial charge in [0.15, 0.2) is 0 Å². The molecule has 0 aliphatic rings. The molecule has 26 heavy (non-hydrogen) atoms. The van der Waals surface area contributed by atoms with Gasteiger partial charge >= 0.3 is 0 Å². The molecule has 0 aliphatic heterocycles. The minimum absolute atomic E-state index is 0.127. The molecule has 0 spiro atoms. The van der Waals surface area contributed by atoms with Gasteiger partial charge in [-0.25, -0.2) is 4.98 Å². The van der Waals surface area contributed by atoms with Crippen molar-refractivity contribution >= 4 is 29.0 Å². The highest BCUT2D eigenvalue weighted by Crippen LogP contribution is 2.38. The van der Waals surface area contributed by atoms with Gasteiger partial charge in [-0.05, 0) is 37.3 Å². The maximum atomic E-state index is 9.58. The maximum absolute atomic E-state index is 9.58. The monoisotopic (exact) mass is 383 g/mol. The maximum Gasteiger partial charge on any atom is 0.142 e. The molecule has 6 heteroatoms. The summed E-state index contributed by atoms with van der Waals surface area (Å²) in [5.41, 5.74) is 8.94. The van der Waals surface area contributed by atoms with E-state index >= 15 is 0 Å². The Balaban J connectivity index is 2.28. The zero-order valence-electron chi connectivity index (χ0n) is 14.0. The standard InChI is InChI=1S/C20H15Cl2N3O/c1-2-26-19-6-4-3-5-13(19)14-10-18(25-20(24)16(14)11-23)15-9-12(21)7-8-17(15)22/h3-10H,2H2,1H3,(H2,24,25). The predicted octanol–water partition coefficient (Wildman–Crippen LogP) is 5.57. The molecule has 0 radical (unpaired) electrons. The summed E-state index contributed by atoms with van der Waals surface area (Å²) in [6.07, 6.45) is 0. The zero-order chi connectivity index (χ0) is 18.7. The Morgan fingerprint density at radius 2 is 1.85 bits per heavy atom. The number of halogens is 2. The Morgan fingerprint density at radius 1 is 1.08 bits per heavy atom. The van der Waals surface area contributed by atoms with Gasteiger partial charge in [0.25, 0.3) is 0 Å². The second-order valence-corrected chi connectivity index (χ2v) is 6.32.